The number of ether oxygens (including phenoxy) is 2. The number of nitriles is 1. The van der Waals surface area contributed by atoms with Gasteiger partial charge >= 0.3 is 0 Å². The molecule has 0 bridgehead atoms. The van der Waals surface area contributed by atoms with Crippen molar-refractivity contribution in [1.82, 2.24) is 5.32 Å². The number of carbonyl (C=O) groups is 1. The summed E-state index contributed by atoms with van der Waals surface area (Å²) in [6.45, 7) is 0.475. The average Bonchev–Trinajstić information content (AvgIpc) is 2.39. The van der Waals surface area contributed by atoms with Crippen LogP contribution in [0.1, 0.15) is 12.0 Å². The van der Waals surface area contributed by atoms with Crippen molar-refractivity contribution >= 4 is 5.91 Å². The highest BCUT2D eigenvalue weighted by molar-refractivity contribution is 5.77. The van der Waals surface area contributed by atoms with Crippen LogP contribution in [0.25, 0.3) is 0 Å². The summed E-state index contributed by atoms with van der Waals surface area (Å²) in [5.41, 5.74) is 0.982. The van der Waals surface area contributed by atoms with E-state index in [4.69, 9.17) is 14.7 Å². The smallest absolute Gasteiger partial charge is 0.234 e. The van der Waals surface area contributed by atoms with Gasteiger partial charge in [-0.15, -0.1) is 0 Å². The van der Waals surface area contributed by atoms with Gasteiger partial charge in [-0.25, -0.2) is 0 Å². The Morgan fingerprint density at radius 1 is 1.39 bits per heavy atom. The van der Waals surface area contributed by atoms with Gasteiger partial charge in [-0.05, 0) is 18.1 Å². The molecule has 0 aliphatic rings. The predicted octanol–water partition coefficient (Wildman–Crippen LogP) is 1.28. The van der Waals surface area contributed by atoms with Crippen LogP contribution in [0, 0.1) is 11.3 Å². The first-order valence-corrected chi connectivity index (χ1v) is 5.55. The first-order chi connectivity index (χ1) is 8.71. The lowest BCUT2D eigenvalue weighted by Crippen LogP contribution is -2.25. The molecule has 0 radical (unpaired) electrons. The molecule has 0 saturated heterocycles. The maximum absolute atomic E-state index is 11.1. The molecule has 18 heavy (non-hydrogen) atoms. The molecule has 1 amide bonds. The normalized spacial score (nSPS) is 9.39. The largest absolute Gasteiger partial charge is 0.497 e. The van der Waals surface area contributed by atoms with Crippen molar-refractivity contribution in [2.45, 2.75) is 12.8 Å². The van der Waals surface area contributed by atoms with E-state index >= 15 is 0 Å². The molecule has 0 atom stereocenters. The zero-order valence-corrected chi connectivity index (χ0v) is 10.5. The molecule has 1 N–H and O–H groups in total. The number of carbonyl (C=O) groups excluding carboxylic acids is 1. The number of methoxy groups -OCH3 is 2. The second kappa shape index (κ2) is 7.17. The molecule has 0 aliphatic heterocycles. The third-order valence-electron chi connectivity index (χ3n) is 2.45. The molecule has 0 spiro atoms. The van der Waals surface area contributed by atoms with Crippen molar-refractivity contribution in [2.75, 3.05) is 20.8 Å². The zero-order chi connectivity index (χ0) is 13.4. The summed E-state index contributed by atoms with van der Waals surface area (Å²) >= 11 is 0. The molecule has 5 heteroatoms. The highest BCUT2D eigenvalue weighted by atomic mass is 16.5. The van der Waals surface area contributed by atoms with Gasteiger partial charge in [0.05, 0.1) is 20.3 Å². The Labute approximate surface area is 106 Å². The van der Waals surface area contributed by atoms with Gasteiger partial charge in [0, 0.05) is 12.6 Å². The van der Waals surface area contributed by atoms with E-state index in [9.17, 15) is 4.79 Å². The van der Waals surface area contributed by atoms with Crippen LogP contribution in [-0.4, -0.2) is 26.7 Å². The van der Waals surface area contributed by atoms with Gasteiger partial charge in [0.15, 0.2) is 0 Å². The number of benzene rings is 1. The van der Waals surface area contributed by atoms with Crippen molar-refractivity contribution in [3.8, 4) is 17.6 Å². The first-order valence-electron chi connectivity index (χ1n) is 5.55. The van der Waals surface area contributed by atoms with Crippen LogP contribution >= 0.6 is 0 Å². The van der Waals surface area contributed by atoms with Crippen molar-refractivity contribution in [3.63, 3.8) is 0 Å². The fraction of sp³-hybridized carbons (Fsp3) is 0.385. The number of rotatable bonds is 6. The van der Waals surface area contributed by atoms with Gasteiger partial charge in [0.1, 0.15) is 17.9 Å². The minimum atomic E-state index is -0.259. The number of nitrogens with one attached hydrogen (secondary N) is 1. The van der Waals surface area contributed by atoms with Gasteiger partial charge in [-0.2, -0.15) is 5.26 Å². The summed E-state index contributed by atoms with van der Waals surface area (Å²) in [6, 6.07) is 7.34. The average molecular weight is 248 g/mol. The van der Waals surface area contributed by atoms with Crippen molar-refractivity contribution in [2.24, 2.45) is 0 Å². The Morgan fingerprint density at radius 3 is 2.78 bits per heavy atom. The highest BCUT2D eigenvalue weighted by Gasteiger charge is 2.05. The van der Waals surface area contributed by atoms with E-state index in [1.165, 1.54) is 0 Å². The molecule has 1 rings (SSSR count). The number of amides is 1. The van der Waals surface area contributed by atoms with Crippen LogP contribution in [0.5, 0.6) is 11.5 Å². The molecule has 0 heterocycles. The minimum Gasteiger partial charge on any atom is -0.497 e. The van der Waals surface area contributed by atoms with Gasteiger partial charge < -0.3 is 14.8 Å². The van der Waals surface area contributed by atoms with E-state index in [0.29, 0.717) is 13.0 Å². The van der Waals surface area contributed by atoms with E-state index < -0.39 is 0 Å². The fourth-order valence-corrected chi connectivity index (χ4v) is 1.53. The van der Waals surface area contributed by atoms with Crippen LogP contribution < -0.4 is 14.8 Å². The zero-order valence-electron chi connectivity index (χ0n) is 10.5. The lowest BCUT2D eigenvalue weighted by atomic mass is 10.1. The maximum Gasteiger partial charge on any atom is 0.234 e. The topological polar surface area (TPSA) is 71.3 Å². The number of hydrogen-bond acceptors (Lipinski definition) is 4. The highest BCUT2D eigenvalue weighted by Crippen LogP contribution is 2.24. The minimum absolute atomic E-state index is 0.111. The quantitative estimate of drug-likeness (QED) is 0.823. The number of nitrogens with zero attached hydrogens (tertiary/aromatic N) is 1. The molecule has 1 aromatic carbocycles. The van der Waals surface area contributed by atoms with Gasteiger partial charge in [-0.1, -0.05) is 6.07 Å². The summed E-state index contributed by atoms with van der Waals surface area (Å²) in [4.78, 5) is 11.1. The SMILES string of the molecule is COc1ccc(CCNC(=O)CC#N)c(OC)c1. The summed E-state index contributed by atoms with van der Waals surface area (Å²) in [6.07, 6.45) is 0.532. The molecule has 1 aromatic rings. The first kappa shape index (κ1) is 13.8. The molecule has 0 unspecified atom stereocenters. The third kappa shape index (κ3) is 3.98. The fourth-order valence-electron chi connectivity index (χ4n) is 1.53. The van der Waals surface area contributed by atoms with Crippen LogP contribution in [0.2, 0.25) is 0 Å². The Kier molecular flexibility index (Phi) is 5.52. The Bertz CT molecular complexity index is 452. The maximum atomic E-state index is 11.1. The third-order valence-corrected chi connectivity index (χ3v) is 2.45. The van der Waals surface area contributed by atoms with Gasteiger partial charge in [-0.3, -0.25) is 4.79 Å². The van der Waals surface area contributed by atoms with E-state index in [1.807, 2.05) is 12.1 Å². The molecule has 96 valence electrons. The lowest BCUT2D eigenvalue weighted by molar-refractivity contribution is -0.120. The summed E-state index contributed by atoms with van der Waals surface area (Å²) < 4.78 is 10.3. The summed E-state index contributed by atoms with van der Waals surface area (Å²) in [5, 5.41) is 11.0. The van der Waals surface area contributed by atoms with Crippen LogP contribution in [0.4, 0.5) is 0 Å². The second-order valence-corrected chi connectivity index (χ2v) is 3.61. The molecule has 0 fully saturated rings. The second-order valence-electron chi connectivity index (χ2n) is 3.61. The summed E-state index contributed by atoms with van der Waals surface area (Å²) in [7, 11) is 3.18. The van der Waals surface area contributed by atoms with Crippen molar-refractivity contribution in [1.29, 1.82) is 5.26 Å². The Hall–Kier alpha value is -2.22. The molecule has 0 aliphatic carbocycles. The number of hydrogen-bond donors (Lipinski definition) is 1. The molecule has 5 nitrogen and oxygen atoms in total. The molecular formula is C13H16N2O3. The van der Waals surface area contributed by atoms with E-state index in [0.717, 1.165) is 17.1 Å². The monoisotopic (exact) mass is 248 g/mol. The van der Waals surface area contributed by atoms with Crippen LogP contribution in [0.3, 0.4) is 0 Å². The van der Waals surface area contributed by atoms with Gasteiger partial charge in [0.25, 0.3) is 0 Å². The summed E-state index contributed by atoms with van der Waals surface area (Å²) in [5.74, 6) is 1.19. The standard InChI is InChI=1S/C13H16N2O3/c1-17-11-4-3-10(12(9-11)18-2)6-8-15-13(16)5-7-14/h3-4,9H,5-6,8H2,1-2H3,(H,15,16). The Balaban J connectivity index is 2.57. The van der Waals surface area contributed by atoms with Crippen LogP contribution in [0.15, 0.2) is 18.2 Å². The van der Waals surface area contributed by atoms with Crippen molar-refractivity contribution in [3.05, 3.63) is 23.8 Å². The van der Waals surface area contributed by atoms with E-state index in [2.05, 4.69) is 5.32 Å². The van der Waals surface area contributed by atoms with E-state index in [1.54, 1.807) is 26.4 Å². The van der Waals surface area contributed by atoms with Crippen molar-refractivity contribution < 1.29 is 14.3 Å². The molecular weight excluding hydrogens is 232 g/mol. The van der Waals surface area contributed by atoms with Crippen LogP contribution in [-0.2, 0) is 11.2 Å². The molecule has 0 saturated carbocycles. The lowest BCUT2D eigenvalue weighted by Gasteiger charge is -2.10. The Morgan fingerprint density at radius 2 is 2.17 bits per heavy atom. The van der Waals surface area contributed by atoms with E-state index in [-0.39, 0.29) is 12.3 Å². The van der Waals surface area contributed by atoms with Gasteiger partial charge in [0.2, 0.25) is 5.91 Å². The predicted molar refractivity (Wildman–Crippen MR) is 66.5 cm³/mol. The molecule has 0 aromatic heterocycles.